The Kier molecular flexibility index (Phi) is 10.7. The second kappa shape index (κ2) is 14.0. The van der Waals surface area contributed by atoms with E-state index in [0.29, 0.717) is 6.42 Å². The fourth-order valence-electron chi connectivity index (χ4n) is 4.80. The number of unbranched alkanes of at least 4 members (excludes halogenated alkanes) is 7. The van der Waals surface area contributed by atoms with Crippen molar-refractivity contribution in [2.24, 2.45) is 11.8 Å². The van der Waals surface area contributed by atoms with Gasteiger partial charge in [-0.3, -0.25) is 19.6 Å². The van der Waals surface area contributed by atoms with Crippen molar-refractivity contribution in [2.75, 3.05) is 5.32 Å². The number of hydrogen-bond acceptors (Lipinski definition) is 5. The summed E-state index contributed by atoms with van der Waals surface area (Å²) in [6.07, 6.45) is 18.3. The van der Waals surface area contributed by atoms with Crippen LogP contribution in [0, 0.1) is 11.8 Å². The molecule has 184 valence electrons. The van der Waals surface area contributed by atoms with E-state index < -0.39 is 6.10 Å². The predicted molar refractivity (Wildman–Crippen MR) is 136 cm³/mol. The van der Waals surface area contributed by atoms with E-state index in [2.05, 4.69) is 34.4 Å². The molecule has 0 saturated heterocycles. The van der Waals surface area contributed by atoms with Gasteiger partial charge in [0, 0.05) is 42.8 Å². The molecule has 3 atom stereocenters. The van der Waals surface area contributed by atoms with Crippen molar-refractivity contribution in [1.82, 2.24) is 9.97 Å². The lowest BCUT2D eigenvalue weighted by molar-refractivity contribution is -0.121. The van der Waals surface area contributed by atoms with Gasteiger partial charge in [0.2, 0.25) is 5.91 Å². The van der Waals surface area contributed by atoms with Crippen LogP contribution in [0.5, 0.6) is 0 Å². The van der Waals surface area contributed by atoms with Gasteiger partial charge in [-0.2, -0.15) is 0 Å². The largest absolute Gasteiger partial charge is 0.392 e. The third kappa shape index (κ3) is 8.01. The van der Waals surface area contributed by atoms with Crippen LogP contribution < -0.4 is 5.32 Å². The third-order valence-electron chi connectivity index (χ3n) is 6.74. The van der Waals surface area contributed by atoms with Crippen LogP contribution in [-0.4, -0.2) is 32.9 Å². The number of allylic oxidation sites excluding steroid dienone is 1. The molecule has 1 fully saturated rings. The molecule has 1 heterocycles. The Balaban J connectivity index is 1.32. The van der Waals surface area contributed by atoms with E-state index in [1.54, 1.807) is 12.4 Å². The van der Waals surface area contributed by atoms with Crippen LogP contribution >= 0.6 is 0 Å². The molecular weight excluding hydrogens is 426 g/mol. The summed E-state index contributed by atoms with van der Waals surface area (Å²) in [7, 11) is 0. The second-order valence-corrected chi connectivity index (χ2v) is 9.46. The van der Waals surface area contributed by atoms with Gasteiger partial charge in [0.15, 0.2) is 0 Å². The molecule has 2 aromatic rings. The monoisotopic (exact) mass is 465 g/mol. The maximum absolute atomic E-state index is 12.4. The van der Waals surface area contributed by atoms with Crippen molar-refractivity contribution in [3.8, 4) is 0 Å². The van der Waals surface area contributed by atoms with E-state index in [-0.39, 0.29) is 29.9 Å². The maximum atomic E-state index is 12.4. The standard InChI is InChI=1S/C28H39N3O3/c1-2-3-4-5-6-9-12-22-23(27(33)20-26(22)32)13-10-7-8-11-14-28(34)31-21-15-16-24-25(19-21)30-18-17-29-24/h9,12,15-19,22-23,26,32H,2-8,10-11,13-14,20H2,1H3,(H,31,34)/b12-9+/t22-,23-,26-/m1/s1. The molecule has 34 heavy (non-hydrogen) atoms. The molecule has 1 amide bonds. The number of carbonyl (C=O) groups excluding carboxylic acids is 2. The second-order valence-electron chi connectivity index (χ2n) is 9.46. The molecule has 1 aliphatic rings. The number of rotatable bonds is 14. The zero-order valence-electron chi connectivity index (χ0n) is 20.4. The Labute approximate surface area is 203 Å². The Bertz CT molecular complexity index is 959. The summed E-state index contributed by atoms with van der Waals surface area (Å²) in [5.74, 6) is 0.117. The molecule has 1 aromatic heterocycles. The van der Waals surface area contributed by atoms with Gasteiger partial charge in [-0.05, 0) is 43.9 Å². The van der Waals surface area contributed by atoms with Gasteiger partial charge in [-0.1, -0.05) is 57.6 Å². The molecule has 0 aliphatic heterocycles. The SMILES string of the molecule is CCCCCC/C=C/[C@H]1[C@H](O)CC(=O)[C@@H]1CCCCCCC(=O)Nc1ccc2nccnc2c1. The van der Waals surface area contributed by atoms with Crippen LogP contribution in [0.3, 0.4) is 0 Å². The van der Waals surface area contributed by atoms with E-state index in [1.165, 1.54) is 25.7 Å². The van der Waals surface area contributed by atoms with E-state index in [1.807, 2.05) is 18.2 Å². The Morgan fingerprint density at radius 1 is 1.06 bits per heavy atom. The molecule has 0 bridgehead atoms. The summed E-state index contributed by atoms with van der Waals surface area (Å²) < 4.78 is 0. The minimum atomic E-state index is -0.533. The van der Waals surface area contributed by atoms with E-state index >= 15 is 0 Å². The lowest BCUT2D eigenvalue weighted by atomic mass is 9.88. The molecule has 1 aliphatic carbocycles. The van der Waals surface area contributed by atoms with Crippen LogP contribution in [-0.2, 0) is 9.59 Å². The molecule has 0 spiro atoms. The molecular formula is C28H39N3O3. The van der Waals surface area contributed by atoms with Crippen LogP contribution in [0.2, 0.25) is 0 Å². The molecule has 6 nitrogen and oxygen atoms in total. The average Bonchev–Trinajstić information content (AvgIpc) is 3.10. The first-order chi connectivity index (χ1) is 16.6. The number of carbonyl (C=O) groups is 2. The molecule has 1 aromatic carbocycles. The number of ketones is 1. The number of benzene rings is 1. The number of anilines is 1. The van der Waals surface area contributed by atoms with Gasteiger partial charge in [0.05, 0.1) is 17.1 Å². The van der Waals surface area contributed by atoms with Crippen molar-refractivity contribution < 1.29 is 14.7 Å². The van der Waals surface area contributed by atoms with Crippen LogP contribution in [0.1, 0.15) is 84.0 Å². The third-order valence-corrected chi connectivity index (χ3v) is 6.74. The van der Waals surface area contributed by atoms with E-state index in [0.717, 1.165) is 55.2 Å². The number of aromatic nitrogens is 2. The van der Waals surface area contributed by atoms with Gasteiger partial charge >= 0.3 is 0 Å². The summed E-state index contributed by atoms with van der Waals surface area (Å²) >= 11 is 0. The highest BCUT2D eigenvalue weighted by atomic mass is 16.3. The quantitative estimate of drug-likeness (QED) is 0.264. The lowest BCUT2D eigenvalue weighted by Gasteiger charge is -2.17. The minimum absolute atomic E-state index is 0.00136. The lowest BCUT2D eigenvalue weighted by Crippen LogP contribution is -2.18. The zero-order valence-corrected chi connectivity index (χ0v) is 20.4. The normalized spacial score (nSPS) is 20.4. The number of hydrogen-bond donors (Lipinski definition) is 2. The summed E-state index contributed by atoms with van der Waals surface area (Å²) in [4.78, 5) is 33.1. The van der Waals surface area contributed by atoms with Crippen molar-refractivity contribution in [1.29, 1.82) is 0 Å². The highest BCUT2D eigenvalue weighted by Crippen LogP contribution is 2.34. The van der Waals surface area contributed by atoms with Crippen molar-refractivity contribution in [3.63, 3.8) is 0 Å². The Hall–Kier alpha value is -2.60. The zero-order chi connectivity index (χ0) is 24.2. The van der Waals surface area contributed by atoms with Crippen LogP contribution in [0.15, 0.2) is 42.7 Å². The van der Waals surface area contributed by atoms with Gasteiger partial charge in [-0.15, -0.1) is 0 Å². The number of amides is 1. The smallest absolute Gasteiger partial charge is 0.224 e. The average molecular weight is 466 g/mol. The molecule has 1 saturated carbocycles. The topological polar surface area (TPSA) is 92.2 Å². The number of aliphatic hydroxyl groups excluding tert-OH is 1. The van der Waals surface area contributed by atoms with E-state index in [9.17, 15) is 14.7 Å². The van der Waals surface area contributed by atoms with Gasteiger partial charge in [0.1, 0.15) is 5.78 Å². The number of Topliss-reactive ketones (excluding diaryl/α,β-unsaturated/α-hetero) is 1. The minimum Gasteiger partial charge on any atom is -0.392 e. The molecule has 0 unspecified atom stereocenters. The molecule has 2 N–H and O–H groups in total. The first-order valence-electron chi connectivity index (χ1n) is 13.0. The fourth-order valence-corrected chi connectivity index (χ4v) is 4.80. The van der Waals surface area contributed by atoms with Crippen molar-refractivity contribution >= 4 is 28.4 Å². The summed E-state index contributed by atoms with van der Waals surface area (Å²) in [6.45, 7) is 2.21. The number of aliphatic hydroxyl groups is 1. The van der Waals surface area contributed by atoms with Crippen LogP contribution in [0.4, 0.5) is 5.69 Å². The molecule has 6 heteroatoms. The maximum Gasteiger partial charge on any atom is 0.224 e. The summed E-state index contributed by atoms with van der Waals surface area (Å²) in [6, 6.07) is 5.54. The summed E-state index contributed by atoms with van der Waals surface area (Å²) in [5, 5.41) is 13.3. The first-order valence-corrected chi connectivity index (χ1v) is 13.0. The van der Waals surface area contributed by atoms with Crippen molar-refractivity contribution in [2.45, 2.75) is 90.1 Å². The number of nitrogens with zero attached hydrogens (tertiary/aromatic N) is 2. The Morgan fingerprint density at radius 3 is 2.65 bits per heavy atom. The molecule has 3 rings (SSSR count). The number of fused-ring (bicyclic) bond motifs is 1. The van der Waals surface area contributed by atoms with Gasteiger partial charge in [-0.25, -0.2) is 0 Å². The Morgan fingerprint density at radius 2 is 1.82 bits per heavy atom. The fraction of sp³-hybridized carbons (Fsp3) is 0.571. The van der Waals surface area contributed by atoms with Gasteiger partial charge in [0.25, 0.3) is 0 Å². The highest BCUT2D eigenvalue weighted by molar-refractivity contribution is 5.92. The first kappa shape index (κ1) is 26.0. The van der Waals surface area contributed by atoms with Gasteiger partial charge < -0.3 is 10.4 Å². The molecule has 0 radical (unpaired) electrons. The van der Waals surface area contributed by atoms with Crippen molar-refractivity contribution in [3.05, 3.63) is 42.7 Å². The number of nitrogens with one attached hydrogen (secondary N) is 1. The van der Waals surface area contributed by atoms with E-state index in [4.69, 9.17) is 0 Å². The summed E-state index contributed by atoms with van der Waals surface area (Å²) in [5.41, 5.74) is 2.30. The highest BCUT2D eigenvalue weighted by Gasteiger charge is 2.39. The predicted octanol–water partition coefficient (Wildman–Crippen LogP) is 6.00. The van der Waals surface area contributed by atoms with Crippen LogP contribution in [0.25, 0.3) is 11.0 Å².